The lowest BCUT2D eigenvalue weighted by Gasteiger charge is -2.38. The van der Waals surface area contributed by atoms with Gasteiger partial charge < -0.3 is 15.0 Å². The van der Waals surface area contributed by atoms with Gasteiger partial charge in [-0.15, -0.1) is 0 Å². The van der Waals surface area contributed by atoms with Gasteiger partial charge in [0.25, 0.3) is 5.91 Å². The molecule has 4 rings (SSSR count). The summed E-state index contributed by atoms with van der Waals surface area (Å²) >= 11 is 0. The molecule has 2 heterocycles. The van der Waals surface area contributed by atoms with Crippen LogP contribution in [-0.4, -0.2) is 41.4 Å². The quantitative estimate of drug-likeness (QED) is 0.479. The molecule has 2 aromatic carbocycles. The van der Waals surface area contributed by atoms with Crippen molar-refractivity contribution in [1.82, 2.24) is 15.2 Å². The van der Waals surface area contributed by atoms with E-state index in [2.05, 4.69) is 61.4 Å². The highest BCUT2D eigenvalue weighted by Gasteiger charge is 2.32. The fraction of sp³-hybridized carbons (Fsp3) is 0.367. The molecule has 0 saturated carbocycles. The van der Waals surface area contributed by atoms with Crippen LogP contribution in [0.25, 0.3) is 0 Å². The molecule has 1 atom stereocenters. The van der Waals surface area contributed by atoms with E-state index in [-0.39, 0.29) is 24.5 Å². The number of fused-ring (bicyclic) bond motifs is 1. The van der Waals surface area contributed by atoms with Gasteiger partial charge in [-0.05, 0) is 60.2 Å². The largest absolute Gasteiger partial charge is 0.484 e. The SMILES string of the molecule is Cc1ccc([C@@H]2c3cc(OCC(=O)NCCc4ccccn4)ccc3CCN2C(=O)CC(C)C)cc1. The van der Waals surface area contributed by atoms with Gasteiger partial charge in [-0.3, -0.25) is 14.6 Å². The van der Waals surface area contributed by atoms with E-state index in [0.29, 0.717) is 37.6 Å². The number of hydrogen-bond donors (Lipinski definition) is 1. The Hall–Kier alpha value is -3.67. The van der Waals surface area contributed by atoms with Gasteiger partial charge in [-0.25, -0.2) is 0 Å². The third-order valence-electron chi connectivity index (χ3n) is 6.44. The summed E-state index contributed by atoms with van der Waals surface area (Å²) in [6.45, 7) is 7.34. The molecule has 0 fully saturated rings. The first-order chi connectivity index (χ1) is 17.4. The van der Waals surface area contributed by atoms with Crippen molar-refractivity contribution >= 4 is 11.8 Å². The number of rotatable bonds is 9. The highest BCUT2D eigenvalue weighted by molar-refractivity contribution is 5.78. The molecule has 1 aliphatic heterocycles. The molecular formula is C30H35N3O3. The summed E-state index contributed by atoms with van der Waals surface area (Å²) in [4.78, 5) is 31.8. The summed E-state index contributed by atoms with van der Waals surface area (Å²) in [5.41, 5.74) is 5.48. The molecule has 6 nitrogen and oxygen atoms in total. The van der Waals surface area contributed by atoms with Gasteiger partial charge in [-0.1, -0.05) is 55.8 Å². The number of nitrogens with one attached hydrogen (secondary N) is 1. The zero-order chi connectivity index (χ0) is 25.5. The lowest BCUT2D eigenvalue weighted by molar-refractivity contribution is -0.134. The van der Waals surface area contributed by atoms with Gasteiger partial charge in [0.1, 0.15) is 5.75 Å². The van der Waals surface area contributed by atoms with Crippen molar-refractivity contribution in [3.63, 3.8) is 0 Å². The smallest absolute Gasteiger partial charge is 0.257 e. The molecule has 1 aliphatic rings. The second-order valence-corrected chi connectivity index (χ2v) is 9.82. The van der Waals surface area contributed by atoms with Crippen molar-refractivity contribution in [2.45, 2.75) is 46.1 Å². The van der Waals surface area contributed by atoms with Crippen LogP contribution < -0.4 is 10.1 Å². The van der Waals surface area contributed by atoms with Gasteiger partial charge in [0.05, 0.1) is 6.04 Å². The van der Waals surface area contributed by atoms with E-state index in [1.807, 2.05) is 35.2 Å². The van der Waals surface area contributed by atoms with Crippen LogP contribution >= 0.6 is 0 Å². The highest BCUT2D eigenvalue weighted by atomic mass is 16.5. The Labute approximate surface area is 213 Å². The standard InChI is InChI=1S/C30H35N3O3/c1-21(2)18-29(35)33-17-14-23-11-12-26(19-27(23)30(33)24-9-7-22(3)8-10-24)36-20-28(34)32-16-13-25-6-4-5-15-31-25/h4-12,15,19,21,30H,13-14,16-18,20H2,1-3H3,(H,32,34)/t30-/m1/s1. The summed E-state index contributed by atoms with van der Waals surface area (Å²) in [5.74, 6) is 0.916. The highest BCUT2D eigenvalue weighted by Crippen LogP contribution is 2.38. The average Bonchev–Trinajstić information content (AvgIpc) is 2.87. The van der Waals surface area contributed by atoms with Crippen LogP contribution in [0.1, 0.15) is 54.3 Å². The molecule has 0 aliphatic carbocycles. The van der Waals surface area contributed by atoms with Crippen LogP contribution in [0.15, 0.2) is 66.9 Å². The van der Waals surface area contributed by atoms with E-state index in [1.165, 1.54) is 11.1 Å². The zero-order valence-electron chi connectivity index (χ0n) is 21.4. The Morgan fingerprint density at radius 3 is 2.64 bits per heavy atom. The van der Waals surface area contributed by atoms with E-state index in [4.69, 9.17) is 4.74 Å². The Balaban J connectivity index is 1.47. The first-order valence-corrected chi connectivity index (χ1v) is 12.7. The number of ether oxygens (including phenoxy) is 1. The van der Waals surface area contributed by atoms with Crippen molar-refractivity contribution in [1.29, 1.82) is 0 Å². The first-order valence-electron chi connectivity index (χ1n) is 12.7. The van der Waals surface area contributed by atoms with E-state index >= 15 is 0 Å². The lowest BCUT2D eigenvalue weighted by Crippen LogP contribution is -2.41. The molecular weight excluding hydrogens is 450 g/mol. The molecule has 1 N–H and O–H groups in total. The van der Waals surface area contributed by atoms with E-state index < -0.39 is 0 Å². The number of nitrogens with zero attached hydrogens (tertiary/aromatic N) is 2. The number of carbonyl (C=O) groups is 2. The molecule has 0 saturated heterocycles. The van der Waals surface area contributed by atoms with Crippen LogP contribution in [0.3, 0.4) is 0 Å². The minimum absolute atomic E-state index is 0.0633. The molecule has 0 spiro atoms. The minimum Gasteiger partial charge on any atom is -0.484 e. The summed E-state index contributed by atoms with van der Waals surface area (Å²) < 4.78 is 5.87. The monoisotopic (exact) mass is 485 g/mol. The first kappa shape index (κ1) is 25.4. The zero-order valence-corrected chi connectivity index (χ0v) is 21.4. The van der Waals surface area contributed by atoms with Crippen molar-refractivity contribution < 1.29 is 14.3 Å². The molecule has 0 radical (unpaired) electrons. The van der Waals surface area contributed by atoms with Crippen LogP contribution in [0, 0.1) is 12.8 Å². The van der Waals surface area contributed by atoms with Gasteiger partial charge in [0.2, 0.25) is 5.91 Å². The Kier molecular flexibility index (Phi) is 8.36. The number of hydrogen-bond acceptors (Lipinski definition) is 4. The van der Waals surface area contributed by atoms with E-state index in [9.17, 15) is 9.59 Å². The Bertz CT molecular complexity index is 1180. The van der Waals surface area contributed by atoms with E-state index in [1.54, 1.807) is 6.20 Å². The van der Waals surface area contributed by atoms with Crippen LogP contribution in [0.2, 0.25) is 0 Å². The van der Waals surface area contributed by atoms with E-state index in [0.717, 1.165) is 23.2 Å². The second kappa shape index (κ2) is 11.8. The predicted octanol–water partition coefficient (Wildman–Crippen LogP) is 4.65. The van der Waals surface area contributed by atoms with Crippen LogP contribution in [0.4, 0.5) is 0 Å². The van der Waals surface area contributed by atoms with Gasteiger partial charge in [0.15, 0.2) is 6.61 Å². The van der Waals surface area contributed by atoms with Crippen LogP contribution in [-0.2, 0) is 22.4 Å². The fourth-order valence-corrected chi connectivity index (χ4v) is 4.60. The normalized spacial score (nSPS) is 14.9. The Morgan fingerprint density at radius 1 is 1.11 bits per heavy atom. The maximum Gasteiger partial charge on any atom is 0.257 e. The van der Waals surface area contributed by atoms with Crippen molar-refractivity contribution in [3.8, 4) is 5.75 Å². The molecule has 188 valence electrons. The number of aromatic nitrogens is 1. The lowest BCUT2D eigenvalue weighted by atomic mass is 9.87. The Morgan fingerprint density at radius 2 is 1.92 bits per heavy atom. The summed E-state index contributed by atoms with van der Waals surface area (Å²) in [7, 11) is 0. The molecule has 1 aromatic heterocycles. The number of pyridine rings is 1. The van der Waals surface area contributed by atoms with Crippen molar-refractivity contribution in [2.24, 2.45) is 5.92 Å². The minimum atomic E-state index is -0.174. The molecule has 6 heteroatoms. The van der Waals surface area contributed by atoms with Crippen molar-refractivity contribution in [2.75, 3.05) is 19.7 Å². The molecule has 0 unspecified atom stereocenters. The van der Waals surface area contributed by atoms with Gasteiger partial charge >= 0.3 is 0 Å². The summed E-state index contributed by atoms with van der Waals surface area (Å²) in [5, 5.41) is 2.89. The predicted molar refractivity (Wildman–Crippen MR) is 141 cm³/mol. The second-order valence-electron chi connectivity index (χ2n) is 9.82. The average molecular weight is 486 g/mol. The maximum atomic E-state index is 13.2. The van der Waals surface area contributed by atoms with Gasteiger partial charge in [-0.2, -0.15) is 0 Å². The summed E-state index contributed by atoms with van der Waals surface area (Å²) in [6.07, 6.45) is 3.74. The third-order valence-corrected chi connectivity index (χ3v) is 6.44. The van der Waals surface area contributed by atoms with Crippen LogP contribution in [0.5, 0.6) is 5.75 Å². The molecule has 3 aromatic rings. The molecule has 2 amide bonds. The number of carbonyl (C=O) groups excluding carboxylic acids is 2. The topological polar surface area (TPSA) is 71.5 Å². The van der Waals surface area contributed by atoms with Crippen molar-refractivity contribution in [3.05, 3.63) is 94.8 Å². The summed E-state index contributed by atoms with van der Waals surface area (Å²) in [6, 6.07) is 19.9. The molecule has 0 bridgehead atoms. The number of benzene rings is 2. The fourth-order valence-electron chi connectivity index (χ4n) is 4.60. The third kappa shape index (κ3) is 6.51. The number of aryl methyl sites for hydroxylation is 1. The maximum absolute atomic E-state index is 13.2. The molecule has 36 heavy (non-hydrogen) atoms. The number of amides is 2. The van der Waals surface area contributed by atoms with Gasteiger partial charge in [0, 0.05) is 37.8 Å².